The van der Waals surface area contributed by atoms with Crippen molar-refractivity contribution in [1.29, 1.82) is 0 Å². The average Bonchev–Trinajstić information content (AvgIpc) is 2.76. The van der Waals surface area contributed by atoms with Crippen LogP contribution < -0.4 is 0 Å². The third-order valence-corrected chi connectivity index (χ3v) is 7.79. The molecule has 6 atom stereocenters. The molecule has 0 aliphatic heterocycles. The van der Waals surface area contributed by atoms with Gasteiger partial charge in [0.05, 0.1) is 6.10 Å². The molecule has 4 aliphatic carbocycles. The number of aliphatic hydroxyl groups excluding tert-OH is 1. The van der Waals surface area contributed by atoms with E-state index in [4.69, 9.17) is 0 Å². The Labute approximate surface area is 128 Å². The summed E-state index contributed by atoms with van der Waals surface area (Å²) in [5.74, 6) is 2.60. The summed E-state index contributed by atoms with van der Waals surface area (Å²) in [5.41, 5.74) is 1.81. The summed E-state index contributed by atoms with van der Waals surface area (Å²) < 4.78 is 0. The van der Waals surface area contributed by atoms with Gasteiger partial charge < -0.3 is 5.11 Å². The SMILES string of the molecule is C[C@@]12CC[C@@H]3[C@@H](CC=C4C[C@@H](O)CC[C@@]43C)[C@H]1CCC2=O. The van der Waals surface area contributed by atoms with Crippen LogP contribution >= 0.6 is 0 Å². The topological polar surface area (TPSA) is 37.3 Å². The maximum Gasteiger partial charge on any atom is 0.139 e. The molecule has 2 nitrogen and oxygen atoms in total. The molecule has 2 heteroatoms. The predicted octanol–water partition coefficient (Wildman–Crippen LogP) is 3.88. The van der Waals surface area contributed by atoms with Gasteiger partial charge in [-0.1, -0.05) is 25.5 Å². The van der Waals surface area contributed by atoms with Crippen molar-refractivity contribution in [3.63, 3.8) is 0 Å². The third kappa shape index (κ3) is 1.78. The van der Waals surface area contributed by atoms with Crippen molar-refractivity contribution < 1.29 is 9.90 Å². The molecular weight excluding hydrogens is 260 g/mol. The summed E-state index contributed by atoms with van der Waals surface area (Å²) in [6.45, 7) is 4.69. The fourth-order valence-corrected chi connectivity index (χ4v) is 6.41. The number of aliphatic hydroxyl groups is 1. The Kier molecular flexibility index (Phi) is 2.96. The van der Waals surface area contributed by atoms with Crippen LogP contribution in [0.4, 0.5) is 0 Å². The van der Waals surface area contributed by atoms with Gasteiger partial charge in [0, 0.05) is 11.8 Å². The summed E-state index contributed by atoms with van der Waals surface area (Å²) in [5, 5.41) is 10.00. The van der Waals surface area contributed by atoms with E-state index < -0.39 is 0 Å². The van der Waals surface area contributed by atoms with E-state index >= 15 is 0 Å². The number of rotatable bonds is 0. The lowest BCUT2D eigenvalue weighted by molar-refractivity contribution is -0.132. The van der Waals surface area contributed by atoms with Crippen LogP contribution in [0.25, 0.3) is 0 Å². The second kappa shape index (κ2) is 4.44. The second-order valence-corrected chi connectivity index (χ2v) is 8.57. The number of Topliss-reactive ketones (excluding diaryl/α,β-unsaturated/α-hetero) is 1. The zero-order chi connectivity index (χ0) is 14.8. The molecule has 0 aromatic rings. The lowest BCUT2D eigenvalue weighted by Gasteiger charge is -2.56. The number of carbonyl (C=O) groups is 1. The Morgan fingerprint density at radius 1 is 1.10 bits per heavy atom. The molecule has 3 fully saturated rings. The van der Waals surface area contributed by atoms with Crippen LogP contribution in [-0.4, -0.2) is 17.0 Å². The standard InChI is InChI=1S/C19H28O2/c1-18-9-7-13(20)11-12(18)3-4-14-15-5-6-17(21)19(15,2)10-8-16(14)18/h3,13-16,20H,4-11H2,1-2H3/t13-,14-,15+,16+,18-,19+/m0/s1. The molecule has 0 unspecified atom stereocenters. The van der Waals surface area contributed by atoms with Crippen molar-refractivity contribution in [2.75, 3.05) is 0 Å². The van der Waals surface area contributed by atoms with Crippen molar-refractivity contribution in [3.05, 3.63) is 11.6 Å². The highest BCUT2D eigenvalue weighted by molar-refractivity contribution is 5.87. The number of carbonyl (C=O) groups excluding carboxylic acids is 1. The van der Waals surface area contributed by atoms with Gasteiger partial charge >= 0.3 is 0 Å². The molecule has 21 heavy (non-hydrogen) atoms. The highest BCUT2D eigenvalue weighted by atomic mass is 16.3. The van der Waals surface area contributed by atoms with E-state index in [0.29, 0.717) is 23.0 Å². The van der Waals surface area contributed by atoms with Crippen molar-refractivity contribution in [3.8, 4) is 0 Å². The summed E-state index contributed by atoms with van der Waals surface area (Å²) in [7, 11) is 0. The Balaban J connectivity index is 1.69. The van der Waals surface area contributed by atoms with Gasteiger partial charge in [-0.2, -0.15) is 0 Å². The minimum atomic E-state index is -0.122. The molecule has 0 radical (unpaired) electrons. The minimum absolute atomic E-state index is 0.0168. The predicted molar refractivity (Wildman–Crippen MR) is 82.7 cm³/mol. The summed E-state index contributed by atoms with van der Waals surface area (Å²) >= 11 is 0. The maximum atomic E-state index is 12.4. The van der Waals surface area contributed by atoms with Gasteiger partial charge in [-0.15, -0.1) is 0 Å². The fraction of sp³-hybridized carbons (Fsp3) is 0.842. The van der Waals surface area contributed by atoms with Gasteiger partial charge in [-0.3, -0.25) is 4.79 Å². The largest absolute Gasteiger partial charge is 0.393 e. The molecule has 116 valence electrons. The zero-order valence-electron chi connectivity index (χ0n) is 13.4. The summed E-state index contributed by atoms with van der Waals surface area (Å²) in [6, 6.07) is 0. The molecule has 0 aromatic carbocycles. The van der Waals surface area contributed by atoms with E-state index in [0.717, 1.165) is 50.9 Å². The second-order valence-electron chi connectivity index (χ2n) is 8.57. The van der Waals surface area contributed by atoms with Crippen molar-refractivity contribution in [2.45, 2.75) is 71.3 Å². The number of ketones is 1. The minimum Gasteiger partial charge on any atom is -0.393 e. The lowest BCUT2D eigenvalue weighted by Crippen LogP contribution is -2.50. The maximum absolute atomic E-state index is 12.4. The van der Waals surface area contributed by atoms with Gasteiger partial charge in [0.1, 0.15) is 5.78 Å². The van der Waals surface area contributed by atoms with Gasteiger partial charge in [-0.05, 0) is 68.1 Å². The number of fused-ring (bicyclic) bond motifs is 5. The molecule has 0 bridgehead atoms. The molecule has 0 amide bonds. The van der Waals surface area contributed by atoms with Gasteiger partial charge in [0.25, 0.3) is 0 Å². The van der Waals surface area contributed by atoms with E-state index in [1.807, 2.05) is 0 Å². The van der Waals surface area contributed by atoms with E-state index in [1.165, 1.54) is 12.0 Å². The molecule has 0 saturated heterocycles. The molecule has 0 spiro atoms. The molecular formula is C19H28O2. The molecule has 4 aliphatic rings. The summed E-state index contributed by atoms with van der Waals surface area (Å²) in [6.07, 6.45) is 10.7. The first-order chi connectivity index (χ1) is 9.95. The highest BCUT2D eigenvalue weighted by Crippen LogP contribution is 2.63. The first kappa shape index (κ1) is 14.0. The molecule has 0 aromatic heterocycles. The van der Waals surface area contributed by atoms with Gasteiger partial charge in [0.15, 0.2) is 0 Å². The van der Waals surface area contributed by atoms with E-state index in [9.17, 15) is 9.90 Å². The molecule has 1 N–H and O–H groups in total. The Morgan fingerprint density at radius 2 is 1.81 bits per heavy atom. The Hall–Kier alpha value is -0.630. The van der Waals surface area contributed by atoms with Crippen molar-refractivity contribution in [1.82, 2.24) is 0 Å². The van der Waals surface area contributed by atoms with E-state index in [-0.39, 0.29) is 11.5 Å². The van der Waals surface area contributed by atoms with Gasteiger partial charge in [-0.25, -0.2) is 0 Å². The van der Waals surface area contributed by atoms with Crippen LogP contribution in [0.2, 0.25) is 0 Å². The van der Waals surface area contributed by atoms with Crippen LogP contribution in [0.15, 0.2) is 11.6 Å². The van der Waals surface area contributed by atoms with E-state index in [1.54, 1.807) is 0 Å². The van der Waals surface area contributed by atoms with Crippen LogP contribution in [0.5, 0.6) is 0 Å². The molecule has 4 rings (SSSR count). The monoisotopic (exact) mass is 288 g/mol. The normalized spacial score (nSPS) is 52.7. The zero-order valence-corrected chi connectivity index (χ0v) is 13.4. The fourth-order valence-electron chi connectivity index (χ4n) is 6.41. The number of hydrogen-bond donors (Lipinski definition) is 1. The third-order valence-electron chi connectivity index (χ3n) is 7.79. The van der Waals surface area contributed by atoms with Crippen LogP contribution in [0.3, 0.4) is 0 Å². The number of allylic oxidation sites excluding steroid dienone is 1. The smallest absolute Gasteiger partial charge is 0.139 e. The number of hydrogen-bond acceptors (Lipinski definition) is 2. The van der Waals surface area contributed by atoms with Crippen LogP contribution in [-0.2, 0) is 4.79 Å². The average molecular weight is 288 g/mol. The first-order valence-corrected chi connectivity index (χ1v) is 8.86. The van der Waals surface area contributed by atoms with Crippen molar-refractivity contribution >= 4 is 5.78 Å². The lowest BCUT2D eigenvalue weighted by atomic mass is 9.48. The van der Waals surface area contributed by atoms with E-state index in [2.05, 4.69) is 19.9 Å². The van der Waals surface area contributed by atoms with Gasteiger partial charge in [0.2, 0.25) is 0 Å². The Bertz CT molecular complexity index is 508. The quantitative estimate of drug-likeness (QED) is 0.687. The van der Waals surface area contributed by atoms with Crippen LogP contribution in [0, 0.1) is 28.6 Å². The van der Waals surface area contributed by atoms with Crippen LogP contribution in [0.1, 0.15) is 65.2 Å². The Morgan fingerprint density at radius 3 is 2.62 bits per heavy atom. The highest BCUT2D eigenvalue weighted by Gasteiger charge is 2.58. The van der Waals surface area contributed by atoms with Crippen molar-refractivity contribution in [2.24, 2.45) is 28.6 Å². The molecule has 0 heterocycles. The first-order valence-electron chi connectivity index (χ1n) is 8.86. The molecule has 3 saturated carbocycles. The summed E-state index contributed by atoms with van der Waals surface area (Å²) in [4.78, 5) is 12.4.